The van der Waals surface area contributed by atoms with E-state index in [9.17, 15) is 14.7 Å². The second-order valence-corrected chi connectivity index (χ2v) is 6.26. The number of amidine groups is 1. The van der Waals surface area contributed by atoms with Crippen LogP contribution >= 0.6 is 12.4 Å². The van der Waals surface area contributed by atoms with Gasteiger partial charge in [0.15, 0.2) is 0 Å². The Balaban J connectivity index is 0.00000280. The number of carboxylic acid groups (broad SMARTS) is 1. The minimum atomic E-state index is -0.864. The Hall–Kier alpha value is -3.32. The van der Waals surface area contributed by atoms with Gasteiger partial charge in [-0.1, -0.05) is 24.3 Å². The molecule has 146 valence electrons. The zero-order chi connectivity index (χ0) is 19.6. The van der Waals surface area contributed by atoms with Gasteiger partial charge in [-0.3, -0.25) is 15.0 Å². The maximum Gasteiger partial charge on any atom is 0.303 e. The summed E-state index contributed by atoms with van der Waals surface area (Å²) in [5.41, 5.74) is 8.26. The molecule has 2 aromatic rings. The van der Waals surface area contributed by atoms with Gasteiger partial charge in [-0.25, -0.2) is 0 Å². The van der Waals surface area contributed by atoms with E-state index < -0.39 is 5.97 Å². The number of amides is 1. The van der Waals surface area contributed by atoms with Crippen molar-refractivity contribution in [1.82, 2.24) is 0 Å². The number of aliphatic hydroxyl groups is 1. The van der Waals surface area contributed by atoms with E-state index in [1.807, 2.05) is 0 Å². The number of carbonyl (C=O) groups is 2. The van der Waals surface area contributed by atoms with E-state index >= 15 is 0 Å². The van der Waals surface area contributed by atoms with E-state index in [4.69, 9.17) is 16.2 Å². The Morgan fingerprint density at radius 2 is 1.71 bits per heavy atom. The van der Waals surface area contributed by atoms with Gasteiger partial charge in [-0.05, 0) is 41.8 Å². The molecule has 1 heterocycles. The molecule has 0 aliphatic carbocycles. The number of nitrogens with one attached hydrogen (secondary N) is 1. The first kappa shape index (κ1) is 21.0. The van der Waals surface area contributed by atoms with E-state index in [1.54, 1.807) is 48.5 Å². The van der Waals surface area contributed by atoms with Gasteiger partial charge in [-0.2, -0.15) is 0 Å². The number of carboxylic acids is 1. The van der Waals surface area contributed by atoms with E-state index in [2.05, 4.69) is 0 Å². The number of carbonyl (C=O) groups excluding carboxylic acids is 1. The summed E-state index contributed by atoms with van der Waals surface area (Å²) >= 11 is 0. The second-order valence-electron chi connectivity index (χ2n) is 6.26. The van der Waals surface area contributed by atoms with Crippen LogP contribution in [0.2, 0.25) is 0 Å². The van der Waals surface area contributed by atoms with Gasteiger partial charge in [0.25, 0.3) is 5.91 Å². The van der Waals surface area contributed by atoms with Crippen LogP contribution in [0.25, 0.3) is 5.57 Å². The Morgan fingerprint density at radius 3 is 2.25 bits per heavy atom. The molecule has 1 aliphatic heterocycles. The third-order valence-corrected chi connectivity index (χ3v) is 4.42. The fourth-order valence-corrected chi connectivity index (χ4v) is 2.97. The smallest absolute Gasteiger partial charge is 0.303 e. The predicted molar refractivity (Wildman–Crippen MR) is 109 cm³/mol. The quantitative estimate of drug-likeness (QED) is 0.437. The summed E-state index contributed by atoms with van der Waals surface area (Å²) in [6.07, 6.45) is 0.444. The number of nitrogens with two attached hydrogens (primary N) is 1. The number of aryl methyl sites for hydroxylation is 1. The van der Waals surface area contributed by atoms with Crippen molar-refractivity contribution >= 4 is 41.4 Å². The number of hydrogen-bond acceptors (Lipinski definition) is 4. The third-order valence-electron chi connectivity index (χ3n) is 4.42. The maximum absolute atomic E-state index is 12.8. The monoisotopic (exact) mass is 401 g/mol. The molecule has 3 rings (SSSR count). The van der Waals surface area contributed by atoms with Crippen LogP contribution < -0.4 is 10.6 Å². The molecule has 5 N–H and O–H groups in total. The number of nitrogens with zero attached hydrogens (tertiary/aromatic N) is 1. The summed E-state index contributed by atoms with van der Waals surface area (Å²) in [5, 5.41) is 26.5. The van der Waals surface area contributed by atoms with Gasteiger partial charge in [-0.15, -0.1) is 12.4 Å². The van der Waals surface area contributed by atoms with Gasteiger partial charge >= 0.3 is 5.97 Å². The molecule has 0 aromatic heterocycles. The second kappa shape index (κ2) is 8.58. The predicted octanol–water partition coefficient (Wildman–Crippen LogP) is 2.73. The zero-order valence-corrected chi connectivity index (χ0v) is 15.7. The highest BCUT2D eigenvalue weighted by Crippen LogP contribution is 2.31. The molecule has 0 atom stereocenters. The van der Waals surface area contributed by atoms with Gasteiger partial charge in [0.2, 0.25) is 0 Å². The first-order valence-electron chi connectivity index (χ1n) is 8.36. The highest BCUT2D eigenvalue weighted by Gasteiger charge is 2.32. The minimum Gasteiger partial charge on any atom is -0.510 e. The van der Waals surface area contributed by atoms with Gasteiger partial charge in [0, 0.05) is 17.7 Å². The number of anilines is 1. The van der Waals surface area contributed by atoms with Gasteiger partial charge in [0.05, 0.1) is 12.1 Å². The standard InChI is InChI=1S/C20H19N3O4.ClH/c21-19(22)14-6-8-15(9-7-14)23-11-16(24)18(20(23)27)13-4-1-12(2-5-13)3-10-17(25)26;/h1-2,4-9,24H,3,10-11H2,(H3,21,22)(H,25,26);1H. The summed E-state index contributed by atoms with van der Waals surface area (Å²) in [4.78, 5) is 24.9. The van der Waals surface area contributed by atoms with Crippen LogP contribution in [0.5, 0.6) is 0 Å². The molecule has 0 bridgehead atoms. The first-order chi connectivity index (χ1) is 12.9. The van der Waals surface area contributed by atoms with Gasteiger partial charge in [0.1, 0.15) is 11.6 Å². The Bertz CT molecular complexity index is 937. The molecule has 7 nitrogen and oxygen atoms in total. The van der Waals surface area contributed by atoms with Crippen molar-refractivity contribution in [3.8, 4) is 0 Å². The van der Waals surface area contributed by atoms with E-state index in [0.29, 0.717) is 23.2 Å². The van der Waals surface area contributed by atoms with E-state index in [0.717, 1.165) is 5.56 Å². The lowest BCUT2D eigenvalue weighted by Crippen LogP contribution is -2.26. The van der Waals surface area contributed by atoms with Crippen molar-refractivity contribution in [2.45, 2.75) is 12.8 Å². The van der Waals surface area contributed by atoms with Crippen LogP contribution in [0.1, 0.15) is 23.1 Å². The van der Waals surface area contributed by atoms with Gasteiger partial charge < -0.3 is 20.8 Å². The lowest BCUT2D eigenvalue weighted by molar-refractivity contribution is -0.137. The molecule has 2 aromatic carbocycles. The van der Waals surface area contributed by atoms with Crippen LogP contribution in [0.4, 0.5) is 5.69 Å². The Morgan fingerprint density at radius 1 is 1.11 bits per heavy atom. The molecular formula is C20H20ClN3O4. The lowest BCUT2D eigenvalue weighted by Gasteiger charge is -2.17. The summed E-state index contributed by atoms with van der Waals surface area (Å²) < 4.78 is 0. The van der Waals surface area contributed by atoms with Crippen molar-refractivity contribution in [1.29, 1.82) is 5.41 Å². The van der Waals surface area contributed by atoms with E-state index in [1.165, 1.54) is 4.90 Å². The molecule has 1 aliphatic rings. The van der Waals surface area contributed by atoms with Crippen molar-refractivity contribution in [2.24, 2.45) is 5.73 Å². The van der Waals surface area contributed by atoms with E-state index in [-0.39, 0.29) is 48.4 Å². The van der Waals surface area contributed by atoms with Crippen molar-refractivity contribution < 1.29 is 19.8 Å². The molecule has 0 fully saturated rings. The minimum absolute atomic E-state index is 0. The molecule has 8 heteroatoms. The molecule has 0 unspecified atom stereocenters. The molecule has 0 saturated carbocycles. The van der Waals surface area contributed by atoms with Crippen molar-refractivity contribution in [3.05, 3.63) is 71.0 Å². The number of aliphatic carboxylic acids is 1. The Kier molecular flexibility index (Phi) is 6.43. The average Bonchev–Trinajstić information content (AvgIpc) is 2.95. The fourth-order valence-electron chi connectivity index (χ4n) is 2.97. The number of rotatable bonds is 6. The average molecular weight is 402 g/mol. The summed E-state index contributed by atoms with van der Waals surface area (Å²) in [5.74, 6) is -1.26. The number of aliphatic hydroxyl groups excluding tert-OH is 1. The number of hydrogen-bond donors (Lipinski definition) is 4. The fraction of sp³-hybridized carbons (Fsp3) is 0.150. The van der Waals surface area contributed by atoms with Crippen molar-refractivity contribution in [3.63, 3.8) is 0 Å². The van der Waals surface area contributed by atoms with Crippen LogP contribution in [-0.4, -0.2) is 34.5 Å². The van der Waals surface area contributed by atoms with Crippen LogP contribution in [0.15, 0.2) is 54.3 Å². The molecule has 28 heavy (non-hydrogen) atoms. The largest absolute Gasteiger partial charge is 0.510 e. The van der Waals surface area contributed by atoms with Crippen LogP contribution in [0.3, 0.4) is 0 Å². The normalized spacial score (nSPS) is 13.4. The molecular weight excluding hydrogens is 382 g/mol. The number of nitrogen functional groups attached to an aromatic ring is 1. The summed E-state index contributed by atoms with van der Waals surface area (Å²) in [6.45, 7) is 0.0638. The van der Waals surface area contributed by atoms with Crippen LogP contribution in [0, 0.1) is 5.41 Å². The summed E-state index contributed by atoms with van der Waals surface area (Å²) in [6, 6.07) is 13.6. The lowest BCUT2D eigenvalue weighted by atomic mass is 10.0. The summed E-state index contributed by atoms with van der Waals surface area (Å²) in [7, 11) is 0. The number of halogens is 1. The zero-order valence-electron chi connectivity index (χ0n) is 14.9. The van der Waals surface area contributed by atoms with Crippen molar-refractivity contribution in [2.75, 3.05) is 11.4 Å². The topological polar surface area (TPSA) is 128 Å². The molecule has 0 radical (unpaired) electrons. The molecule has 0 spiro atoms. The molecule has 0 saturated heterocycles. The van der Waals surface area contributed by atoms with Crippen LogP contribution in [-0.2, 0) is 16.0 Å². The maximum atomic E-state index is 12.8. The SMILES string of the molecule is Cl.N=C(N)c1ccc(N2CC(O)=C(c3ccc(CCC(=O)O)cc3)C2=O)cc1. The third kappa shape index (κ3) is 4.32. The highest BCUT2D eigenvalue weighted by molar-refractivity contribution is 6.29. The Labute approximate surface area is 168 Å². The molecule has 1 amide bonds. The number of benzene rings is 2. The highest BCUT2D eigenvalue weighted by atomic mass is 35.5. The first-order valence-corrected chi connectivity index (χ1v) is 8.36.